The van der Waals surface area contributed by atoms with E-state index in [4.69, 9.17) is 0 Å². The number of halogens is 3. The van der Waals surface area contributed by atoms with Crippen molar-refractivity contribution in [3.63, 3.8) is 0 Å². The van der Waals surface area contributed by atoms with Crippen molar-refractivity contribution in [3.8, 4) is 0 Å². The third kappa shape index (κ3) is 1.94. The number of hydrogen-bond donors (Lipinski definition) is 1. The van der Waals surface area contributed by atoms with Crippen LogP contribution in [0.3, 0.4) is 0 Å². The summed E-state index contributed by atoms with van der Waals surface area (Å²) in [5, 5.41) is 3.41. The Labute approximate surface area is 112 Å². The molecule has 1 aliphatic carbocycles. The molecule has 0 unspecified atom stereocenters. The lowest BCUT2D eigenvalue weighted by molar-refractivity contribution is 0.148. The van der Waals surface area contributed by atoms with Crippen molar-refractivity contribution in [2.45, 2.75) is 32.1 Å². The highest BCUT2D eigenvalue weighted by molar-refractivity contribution is 5.85. The Bertz CT molecular complexity index is 449. The summed E-state index contributed by atoms with van der Waals surface area (Å²) in [5.41, 5.74) is 2.57. The lowest BCUT2D eigenvalue weighted by Gasteiger charge is -2.37. The van der Waals surface area contributed by atoms with Crippen LogP contribution in [-0.4, -0.2) is 13.1 Å². The Hall–Kier alpha value is -0.670. The molecule has 0 bridgehead atoms. The maximum Gasteiger partial charge on any atom is 0.264 e. The van der Waals surface area contributed by atoms with Gasteiger partial charge in [0.1, 0.15) is 0 Å². The SMILES string of the molecule is C[C@]12CCc3c(C(F)F)cccc3[C@H]1CNC2.Cl. The lowest BCUT2D eigenvalue weighted by atomic mass is 9.66. The van der Waals surface area contributed by atoms with E-state index in [1.807, 2.05) is 6.07 Å². The van der Waals surface area contributed by atoms with E-state index in [1.54, 1.807) is 12.1 Å². The van der Waals surface area contributed by atoms with Crippen LogP contribution in [0, 0.1) is 5.41 Å². The van der Waals surface area contributed by atoms with Gasteiger partial charge in [-0.2, -0.15) is 0 Å². The van der Waals surface area contributed by atoms with Gasteiger partial charge in [0.2, 0.25) is 0 Å². The molecule has 1 fully saturated rings. The van der Waals surface area contributed by atoms with Crippen LogP contribution in [0.1, 0.15) is 42.4 Å². The molecule has 4 heteroatoms. The summed E-state index contributed by atoms with van der Waals surface area (Å²) < 4.78 is 26.0. The second kappa shape index (κ2) is 4.78. The van der Waals surface area contributed by atoms with E-state index < -0.39 is 6.43 Å². The van der Waals surface area contributed by atoms with Crippen molar-refractivity contribution in [3.05, 3.63) is 34.9 Å². The maximum absolute atomic E-state index is 13.0. The van der Waals surface area contributed by atoms with Gasteiger partial charge in [0, 0.05) is 24.6 Å². The third-order valence-electron chi connectivity index (χ3n) is 4.52. The average molecular weight is 274 g/mol. The first-order chi connectivity index (χ1) is 8.12. The van der Waals surface area contributed by atoms with Crippen molar-refractivity contribution in [2.75, 3.05) is 13.1 Å². The minimum Gasteiger partial charge on any atom is -0.316 e. The molecule has 1 N–H and O–H groups in total. The molecular weight excluding hydrogens is 256 g/mol. The summed E-state index contributed by atoms with van der Waals surface area (Å²) in [7, 11) is 0. The Morgan fingerprint density at radius 1 is 1.39 bits per heavy atom. The van der Waals surface area contributed by atoms with Crippen LogP contribution in [0.4, 0.5) is 8.78 Å². The lowest BCUT2D eigenvalue weighted by Crippen LogP contribution is -2.30. The quantitative estimate of drug-likeness (QED) is 0.823. The molecule has 1 aliphatic heterocycles. The highest BCUT2D eigenvalue weighted by atomic mass is 35.5. The molecule has 0 amide bonds. The zero-order chi connectivity index (χ0) is 12.0. The molecule has 1 aromatic rings. The van der Waals surface area contributed by atoms with Gasteiger partial charge in [-0.15, -0.1) is 12.4 Å². The molecule has 0 saturated carbocycles. The van der Waals surface area contributed by atoms with E-state index >= 15 is 0 Å². The Morgan fingerprint density at radius 3 is 2.89 bits per heavy atom. The Morgan fingerprint density at radius 2 is 2.17 bits per heavy atom. The van der Waals surface area contributed by atoms with Crippen LogP contribution in [0.25, 0.3) is 0 Å². The molecule has 3 rings (SSSR count). The summed E-state index contributed by atoms with van der Waals surface area (Å²) in [5.74, 6) is 0.407. The Balaban J connectivity index is 0.00000120. The number of alkyl halides is 2. The van der Waals surface area contributed by atoms with Crippen LogP contribution >= 0.6 is 12.4 Å². The van der Waals surface area contributed by atoms with E-state index in [9.17, 15) is 8.78 Å². The molecule has 1 saturated heterocycles. The fourth-order valence-electron chi connectivity index (χ4n) is 3.47. The van der Waals surface area contributed by atoms with Crippen molar-refractivity contribution < 1.29 is 8.78 Å². The van der Waals surface area contributed by atoms with E-state index in [1.165, 1.54) is 0 Å². The van der Waals surface area contributed by atoms with Gasteiger partial charge in [-0.25, -0.2) is 8.78 Å². The zero-order valence-corrected chi connectivity index (χ0v) is 11.2. The number of fused-ring (bicyclic) bond motifs is 3. The van der Waals surface area contributed by atoms with Crippen molar-refractivity contribution in [1.82, 2.24) is 5.32 Å². The summed E-state index contributed by atoms with van der Waals surface area (Å²) in [6.45, 7) is 4.21. The first kappa shape index (κ1) is 13.8. The van der Waals surface area contributed by atoms with Gasteiger partial charge in [-0.05, 0) is 29.4 Å². The zero-order valence-electron chi connectivity index (χ0n) is 10.4. The number of hydrogen-bond acceptors (Lipinski definition) is 1. The fraction of sp³-hybridized carbons (Fsp3) is 0.571. The highest BCUT2D eigenvalue weighted by Gasteiger charge is 2.43. The van der Waals surface area contributed by atoms with Gasteiger partial charge < -0.3 is 5.32 Å². The average Bonchev–Trinajstić information content (AvgIpc) is 2.70. The van der Waals surface area contributed by atoms with Crippen LogP contribution in [-0.2, 0) is 6.42 Å². The van der Waals surface area contributed by atoms with Crippen molar-refractivity contribution in [1.29, 1.82) is 0 Å². The van der Waals surface area contributed by atoms with Crippen LogP contribution < -0.4 is 5.32 Å². The molecule has 2 aliphatic rings. The normalized spacial score (nSPS) is 29.7. The van der Waals surface area contributed by atoms with Gasteiger partial charge in [-0.3, -0.25) is 0 Å². The first-order valence-electron chi connectivity index (χ1n) is 6.22. The number of benzene rings is 1. The molecule has 1 aromatic carbocycles. The molecule has 0 radical (unpaired) electrons. The number of rotatable bonds is 1. The van der Waals surface area contributed by atoms with E-state index in [0.29, 0.717) is 5.92 Å². The van der Waals surface area contributed by atoms with Crippen molar-refractivity contribution >= 4 is 12.4 Å². The standard InChI is InChI=1S/C14H17F2N.ClH/c1-14-6-5-9-10(12(14)7-17-8-14)3-2-4-11(9)13(15)16;/h2-4,12-13,17H,5-8H2,1H3;1H/t12-,14-;/m1./s1. The molecule has 1 heterocycles. The van der Waals surface area contributed by atoms with Crippen molar-refractivity contribution in [2.24, 2.45) is 5.41 Å². The summed E-state index contributed by atoms with van der Waals surface area (Å²) in [4.78, 5) is 0. The molecular formula is C14H18ClF2N. The monoisotopic (exact) mass is 273 g/mol. The van der Waals surface area contributed by atoms with Gasteiger partial charge in [0.25, 0.3) is 6.43 Å². The van der Waals surface area contributed by atoms with Gasteiger partial charge >= 0.3 is 0 Å². The molecule has 18 heavy (non-hydrogen) atoms. The predicted molar refractivity (Wildman–Crippen MR) is 70.7 cm³/mol. The highest BCUT2D eigenvalue weighted by Crippen LogP contribution is 2.48. The first-order valence-corrected chi connectivity index (χ1v) is 6.22. The van der Waals surface area contributed by atoms with E-state index in [-0.39, 0.29) is 23.4 Å². The summed E-state index contributed by atoms with van der Waals surface area (Å²) in [6.07, 6.45) is -0.532. The van der Waals surface area contributed by atoms with Crippen LogP contribution in [0.15, 0.2) is 18.2 Å². The van der Waals surface area contributed by atoms with Gasteiger partial charge in [-0.1, -0.05) is 25.1 Å². The van der Waals surface area contributed by atoms with Crippen LogP contribution in [0.5, 0.6) is 0 Å². The molecule has 0 spiro atoms. The van der Waals surface area contributed by atoms with E-state index in [2.05, 4.69) is 12.2 Å². The summed E-state index contributed by atoms with van der Waals surface area (Å²) >= 11 is 0. The molecule has 1 nitrogen and oxygen atoms in total. The minimum absolute atomic E-state index is 0. The van der Waals surface area contributed by atoms with Gasteiger partial charge in [0.15, 0.2) is 0 Å². The third-order valence-corrected chi connectivity index (χ3v) is 4.52. The largest absolute Gasteiger partial charge is 0.316 e. The minimum atomic E-state index is -2.34. The fourth-order valence-corrected chi connectivity index (χ4v) is 3.47. The topological polar surface area (TPSA) is 12.0 Å². The number of nitrogens with one attached hydrogen (secondary N) is 1. The predicted octanol–water partition coefficient (Wildman–Crippen LogP) is 3.69. The molecule has 0 aromatic heterocycles. The summed E-state index contributed by atoms with van der Waals surface area (Å²) in [6, 6.07) is 5.40. The molecule has 2 atom stereocenters. The van der Waals surface area contributed by atoms with Crippen LogP contribution in [0.2, 0.25) is 0 Å². The second-order valence-corrected chi connectivity index (χ2v) is 5.55. The van der Waals surface area contributed by atoms with Gasteiger partial charge in [0.05, 0.1) is 0 Å². The maximum atomic E-state index is 13.0. The second-order valence-electron chi connectivity index (χ2n) is 5.55. The smallest absolute Gasteiger partial charge is 0.264 e. The molecule has 100 valence electrons. The Kier molecular flexibility index (Phi) is 3.65. The van der Waals surface area contributed by atoms with E-state index in [0.717, 1.165) is 37.1 Å².